The second-order valence-electron chi connectivity index (χ2n) is 7.71. The van der Waals surface area contributed by atoms with E-state index >= 15 is 0 Å². The van der Waals surface area contributed by atoms with E-state index in [1.807, 2.05) is 69.3 Å². The van der Waals surface area contributed by atoms with Crippen LogP contribution < -0.4 is 16.0 Å². The first-order chi connectivity index (χ1) is 14.9. The van der Waals surface area contributed by atoms with Gasteiger partial charge in [0.15, 0.2) is 0 Å². The number of hydrogen-bond acceptors (Lipinski definition) is 3. The summed E-state index contributed by atoms with van der Waals surface area (Å²) in [6.45, 7) is 6.03. The molecule has 0 aliphatic rings. The largest absolute Gasteiger partial charge is 0.346 e. The van der Waals surface area contributed by atoms with Crippen molar-refractivity contribution < 1.29 is 9.59 Å². The Morgan fingerprint density at radius 1 is 0.742 bits per heavy atom. The molecular formula is C26H29N3O2. The molecule has 0 bridgehead atoms. The second-order valence-corrected chi connectivity index (χ2v) is 7.71. The fourth-order valence-electron chi connectivity index (χ4n) is 3.35. The van der Waals surface area contributed by atoms with Gasteiger partial charge in [0.1, 0.15) is 0 Å². The monoisotopic (exact) mass is 415 g/mol. The molecule has 31 heavy (non-hydrogen) atoms. The molecular weight excluding hydrogens is 386 g/mol. The van der Waals surface area contributed by atoms with Crippen LogP contribution in [0.15, 0.2) is 72.8 Å². The normalized spacial score (nSPS) is 11.6. The number of benzene rings is 3. The van der Waals surface area contributed by atoms with Gasteiger partial charge in [0.25, 0.3) is 0 Å². The summed E-state index contributed by atoms with van der Waals surface area (Å²) in [6.07, 6.45) is 0. The summed E-state index contributed by atoms with van der Waals surface area (Å²) in [5, 5.41) is 8.86. The topological polar surface area (TPSA) is 70.2 Å². The Morgan fingerprint density at radius 2 is 1.42 bits per heavy atom. The summed E-state index contributed by atoms with van der Waals surface area (Å²) in [5.41, 5.74) is 6.23. The first kappa shape index (κ1) is 22.2. The van der Waals surface area contributed by atoms with Crippen LogP contribution in [0.25, 0.3) is 0 Å². The predicted octanol–water partition coefficient (Wildman–Crippen LogP) is 4.05. The van der Waals surface area contributed by atoms with Gasteiger partial charge in [-0.25, -0.2) is 0 Å². The zero-order valence-electron chi connectivity index (χ0n) is 18.2. The highest BCUT2D eigenvalue weighted by Crippen LogP contribution is 2.22. The van der Waals surface area contributed by atoms with E-state index in [1.165, 1.54) is 5.56 Å². The molecule has 5 heteroatoms. The van der Waals surface area contributed by atoms with Crippen molar-refractivity contribution in [3.8, 4) is 0 Å². The van der Waals surface area contributed by atoms with E-state index in [1.54, 1.807) is 0 Å². The molecule has 3 aromatic carbocycles. The molecule has 0 aromatic heterocycles. The Labute approximate surface area is 183 Å². The van der Waals surface area contributed by atoms with E-state index in [9.17, 15) is 9.59 Å². The third-order valence-electron chi connectivity index (χ3n) is 5.34. The Balaban J connectivity index is 1.56. The minimum atomic E-state index is -0.250. The molecule has 0 saturated heterocycles. The number of hydrogen-bond donors (Lipinski definition) is 3. The SMILES string of the molecule is Cc1ccc([C@H](NCC(=O)NCC(=O)Nc2cccc(C)c2C)c2ccccc2)cc1. The van der Waals surface area contributed by atoms with Crippen LogP contribution in [0, 0.1) is 20.8 Å². The van der Waals surface area contributed by atoms with Gasteiger partial charge in [-0.1, -0.05) is 72.3 Å². The molecule has 160 valence electrons. The lowest BCUT2D eigenvalue weighted by atomic mass is 9.98. The summed E-state index contributed by atoms with van der Waals surface area (Å²) < 4.78 is 0. The molecule has 3 N–H and O–H groups in total. The maximum absolute atomic E-state index is 12.4. The molecule has 0 spiro atoms. The first-order valence-corrected chi connectivity index (χ1v) is 10.4. The molecule has 0 heterocycles. The minimum Gasteiger partial charge on any atom is -0.346 e. The molecule has 0 fully saturated rings. The van der Waals surface area contributed by atoms with Crippen LogP contribution in [-0.2, 0) is 9.59 Å². The summed E-state index contributed by atoms with van der Waals surface area (Å²) in [5.74, 6) is -0.482. The van der Waals surface area contributed by atoms with E-state index in [0.717, 1.165) is 27.9 Å². The van der Waals surface area contributed by atoms with Crippen LogP contribution in [0.2, 0.25) is 0 Å². The van der Waals surface area contributed by atoms with Gasteiger partial charge in [-0.3, -0.25) is 14.9 Å². The average molecular weight is 416 g/mol. The van der Waals surface area contributed by atoms with Crippen LogP contribution in [-0.4, -0.2) is 24.9 Å². The average Bonchev–Trinajstić information content (AvgIpc) is 2.77. The number of aryl methyl sites for hydroxylation is 2. The van der Waals surface area contributed by atoms with Gasteiger partial charge in [-0.15, -0.1) is 0 Å². The van der Waals surface area contributed by atoms with Crippen LogP contribution >= 0.6 is 0 Å². The number of rotatable bonds is 8. The van der Waals surface area contributed by atoms with Crippen molar-refractivity contribution in [1.82, 2.24) is 10.6 Å². The molecule has 3 rings (SSSR count). The van der Waals surface area contributed by atoms with Crippen molar-refractivity contribution in [2.45, 2.75) is 26.8 Å². The Bertz CT molecular complexity index is 1030. The Kier molecular flexibility index (Phi) is 7.57. The zero-order chi connectivity index (χ0) is 22.2. The van der Waals surface area contributed by atoms with Crippen LogP contribution in [0.3, 0.4) is 0 Å². The van der Waals surface area contributed by atoms with Crippen LogP contribution in [0.4, 0.5) is 5.69 Å². The van der Waals surface area contributed by atoms with E-state index in [4.69, 9.17) is 0 Å². The molecule has 2 amide bonds. The lowest BCUT2D eigenvalue weighted by Gasteiger charge is -2.20. The van der Waals surface area contributed by atoms with E-state index in [0.29, 0.717) is 0 Å². The van der Waals surface area contributed by atoms with Gasteiger partial charge < -0.3 is 10.6 Å². The van der Waals surface area contributed by atoms with Crippen LogP contribution in [0.1, 0.15) is 33.9 Å². The van der Waals surface area contributed by atoms with Crippen molar-refractivity contribution in [3.05, 3.63) is 101 Å². The smallest absolute Gasteiger partial charge is 0.243 e. The van der Waals surface area contributed by atoms with Crippen molar-refractivity contribution in [1.29, 1.82) is 0 Å². The van der Waals surface area contributed by atoms with Gasteiger partial charge >= 0.3 is 0 Å². The first-order valence-electron chi connectivity index (χ1n) is 10.4. The second kappa shape index (κ2) is 10.5. The molecule has 0 unspecified atom stereocenters. The molecule has 0 aliphatic carbocycles. The molecule has 3 aromatic rings. The van der Waals surface area contributed by atoms with Crippen LogP contribution in [0.5, 0.6) is 0 Å². The number of anilines is 1. The third kappa shape index (κ3) is 6.27. The molecule has 0 radical (unpaired) electrons. The van der Waals surface area contributed by atoms with Gasteiger partial charge in [-0.05, 0) is 49.1 Å². The number of carbonyl (C=O) groups is 2. The maximum atomic E-state index is 12.4. The van der Waals surface area contributed by atoms with Crippen molar-refractivity contribution >= 4 is 17.5 Å². The lowest BCUT2D eigenvalue weighted by Crippen LogP contribution is -2.39. The standard InChI is InChI=1S/C26H29N3O2/c1-18-12-14-22(15-13-18)26(21-9-5-4-6-10-21)28-16-24(30)27-17-25(31)29-23-11-7-8-19(2)20(23)3/h4-15,26,28H,16-17H2,1-3H3,(H,27,30)(H,29,31)/t26-/m1/s1. The van der Waals surface area contributed by atoms with Gasteiger partial charge in [0.2, 0.25) is 11.8 Å². The maximum Gasteiger partial charge on any atom is 0.243 e. The fraction of sp³-hybridized carbons (Fsp3) is 0.231. The predicted molar refractivity (Wildman–Crippen MR) is 125 cm³/mol. The lowest BCUT2D eigenvalue weighted by molar-refractivity contribution is -0.123. The van der Waals surface area contributed by atoms with Gasteiger partial charge in [0, 0.05) is 5.69 Å². The summed E-state index contributed by atoms with van der Waals surface area (Å²) in [4.78, 5) is 24.6. The highest BCUT2D eigenvalue weighted by atomic mass is 16.2. The van der Waals surface area contributed by atoms with Crippen molar-refractivity contribution in [3.63, 3.8) is 0 Å². The summed E-state index contributed by atoms with van der Waals surface area (Å²) in [6, 6.07) is 23.9. The van der Waals surface area contributed by atoms with Crippen molar-refractivity contribution in [2.75, 3.05) is 18.4 Å². The number of carbonyl (C=O) groups excluding carboxylic acids is 2. The molecule has 5 nitrogen and oxygen atoms in total. The zero-order valence-corrected chi connectivity index (χ0v) is 18.2. The quantitative estimate of drug-likeness (QED) is 0.520. The van der Waals surface area contributed by atoms with Gasteiger partial charge in [0.05, 0.1) is 19.1 Å². The van der Waals surface area contributed by atoms with Gasteiger partial charge in [-0.2, -0.15) is 0 Å². The molecule has 0 aliphatic heterocycles. The number of amides is 2. The van der Waals surface area contributed by atoms with E-state index in [-0.39, 0.29) is 30.9 Å². The van der Waals surface area contributed by atoms with Crippen molar-refractivity contribution in [2.24, 2.45) is 0 Å². The molecule has 1 atom stereocenters. The minimum absolute atomic E-state index is 0.0750. The van der Waals surface area contributed by atoms with E-state index < -0.39 is 0 Å². The summed E-state index contributed by atoms with van der Waals surface area (Å²) in [7, 11) is 0. The highest BCUT2D eigenvalue weighted by molar-refractivity contribution is 5.95. The number of nitrogens with one attached hydrogen (secondary N) is 3. The van der Waals surface area contributed by atoms with E-state index in [2.05, 4.69) is 40.2 Å². The highest BCUT2D eigenvalue weighted by Gasteiger charge is 2.15. The molecule has 0 saturated carbocycles. The third-order valence-corrected chi connectivity index (χ3v) is 5.34. The summed E-state index contributed by atoms with van der Waals surface area (Å²) >= 11 is 0. The Morgan fingerprint density at radius 3 is 2.13 bits per heavy atom. The Hall–Kier alpha value is -3.44. The fourth-order valence-corrected chi connectivity index (χ4v) is 3.35.